The average molecular weight is 276 g/mol. The first-order chi connectivity index (χ1) is 9.85. The summed E-state index contributed by atoms with van der Waals surface area (Å²) in [6.07, 6.45) is 1.88. The predicted molar refractivity (Wildman–Crippen MR) is 82.0 cm³/mol. The van der Waals surface area contributed by atoms with E-state index >= 15 is 0 Å². The van der Waals surface area contributed by atoms with Gasteiger partial charge < -0.3 is 14.7 Å². The van der Waals surface area contributed by atoms with E-state index in [0.29, 0.717) is 6.54 Å². The molecule has 0 saturated carbocycles. The lowest BCUT2D eigenvalue weighted by Gasteiger charge is -2.31. The number of aliphatic hydroxyl groups is 1. The number of benzene rings is 1. The highest BCUT2D eigenvalue weighted by Crippen LogP contribution is 2.22. The fourth-order valence-corrected chi connectivity index (χ4v) is 2.56. The van der Waals surface area contributed by atoms with Crippen molar-refractivity contribution in [3.8, 4) is 0 Å². The number of ether oxygens (including phenoxy) is 1. The second-order valence-corrected chi connectivity index (χ2v) is 4.98. The van der Waals surface area contributed by atoms with Crippen molar-refractivity contribution in [1.82, 2.24) is 4.90 Å². The third kappa shape index (κ3) is 4.07. The maximum absolute atomic E-state index is 9.16. The van der Waals surface area contributed by atoms with Crippen molar-refractivity contribution in [2.45, 2.75) is 6.54 Å². The zero-order valence-electron chi connectivity index (χ0n) is 12.0. The first-order valence-electron chi connectivity index (χ1n) is 7.20. The zero-order chi connectivity index (χ0) is 14.2. The molecule has 1 heterocycles. The van der Waals surface area contributed by atoms with Crippen LogP contribution in [0, 0.1) is 0 Å². The molecule has 1 saturated heterocycles. The lowest BCUT2D eigenvalue weighted by molar-refractivity contribution is 0.122. The standard InChI is InChI=1S/C16H24N2O2/c1-2-7-17(8-11-19)14-15-5-3-4-6-16(15)18-9-12-20-13-10-18/h2-6,19H,1,7-14H2. The van der Waals surface area contributed by atoms with E-state index < -0.39 is 0 Å². The van der Waals surface area contributed by atoms with Gasteiger partial charge in [-0.25, -0.2) is 0 Å². The highest BCUT2D eigenvalue weighted by atomic mass is 16.5. The fourth-order valence-electron chi connectivity index (χ4n) is 2.56. The molecule has 20 heavy (non-hydrogen) atoms. The Bertz CT molecular complexity index is 417. The minimum absolute atomic E-state index is 0.174. The second kappa shape index (κ2) is 8.04. The Balaban J connectivity index is 2.11. The summed E-state index contributed by atoms with van der Waals surface area (Å²) in [4.78, 5) is 4.58. The lowest BCUT2D eigenvalue weighted by Crippen LogP contribution is -2.37. The van der Waals surface area contributed by atoms with Crippen LogP contribution in [-0.2, 0) is 11.3 Å². The third-order valence-electron chi connectivity index (χ3n) is 3.54. The summed E-state index contributed by atoms with van der Waals surface area (Å²) >= 11 is 0. The highest BCUT2D eigenvalue weighted by Gasteiger charge is 2.15. The topological polar surface area (TPSA) is 35.9 Å². The molecule has 0 amide bonds. The van der Waals surface area contributed by atoms with Crippen LogP contribution in [0.25, 0.3) is 0 Å². The molecule has 0 unspecified atom stereocenters. The summed E-state index contributed by atoms with van der Waals surface area (Å²) in [6, 6.07) is 8.49. The highest BCUT2D eigenvalue weighted by molar-refractivity contribution is 5.53. The molecule has 0 atom stereocenters. The molecule has 1 aromatic carbocycles. The van der Waals surface area contributed by atoms with Crippen LogP contribution in [0.15, 0.2) is 36.9 Å². The molecular formula is C16H24N2O2. The molecule has 0 radical (unpaired) electrons. The van der Waals surface area contributed by atoms with Crippen molar-refractivity contribution in [2.24, 2.45) is 0 Å². The van der Waals surface area contributed by atoms with E-state index in [-0.39, 0.29) is 6.61 Å². The normalized spacial score (nSPS) is 15.6. The molecule has 4 heteroatoms. The van der Waals surface area contributed by atoms with Crippen molar-refractivity contribution in [3.63, 3.8) is 0 Å². The predicted octanol–water partition coefficient (Wildman–Crippen LogP) is 1.50. The Morgan fingerprint density at radius 1 is 1.30 bits per heavy atom. The SMILES string of the molecule is C=CCN(CCO)Cc1ccccc1N1CCOCC1. The number of hydrogen-bond acceptors (Lipinski definition) is 4. The van der Waals surface area contributed by atoms with Gasteiger partial charge in [0.1, 0.15) is 0 Å². The van der Waals surface area contributed by atoms with Gasteiger partial charge in [-0.05, 0) is 11.6 Å². The van der Waals surface area contributed by atoms with Gasteiger partial charge in [-0.2, -0.15) is 0 Å². The van der Waals surface area contributed by atoms with Gasteiger partial charge in [0.15, 0.2) is 0 Å². The van der Waals surface area contributed by atoms with Crippen LogP contribution in [0.5, 0.6) is 0 Å². The molecule has 1 N–H and O–H groups in total. The van der Waals surface area contributed by atoms with Gasteiger partial charge in [-0.15, -0.1) is 6.58 Å². The molecule has 0 bridgehead atoms. The Kier molecular flexibility index (Phi) is 6.05. The van der Waals surface area contributed by atoms with Crippen LogP contribution in [0.3, 0.4) is 0 Å². The van der Waals surface area contributed by atoms with E-state index in [1.54, 1.807) is 0 Å². The minimum Gasteiger partial charge on any atom is -0.395 e. The molecule has 1 aliphatic rings. The van der Waals surface area contributed by atoms with Crippen molar-refractivity contribution < 1.29 is 9.84 Å². The molecule has 4 nitrogen and oxygen atoms in total. The third-order valence-corrected chi connectivity index (χ3v) is 3.54. The second-order valence-electron chi connectivity index (χ2n) is 4.98. The number of para-hydroxylation sites is 1. The van der Waals surface area contributed by atoms with Crippen LogP contribution in [-0.4, -0.2) is 56.0 Å². The smallest absolute Gasteiger partial charge is 0.0642 e. The van der Waals surface area contributed by atoms with E-state index in [1.807, 2.05) is 6.08 Å². The van der Waals surface area contributed by atoms with Crippen LogP contribution in [0.2, 0.25) is 0 Å². The first-order valence-corrected chi connectivity index (χ1v) is 7.20. The van der Waals surface area contributed by atoms with E-state index in [1.165, 1.54) is 11.3 Å². The van der Waals surface area contributed by atoms with E-state index in [4.69, 9.17) is 9.84 Å². The Morgan fingerprint density at radius 2 is 2.05 bits per heavy atom. The van der Waals surface area contributed by atoms with E-state index in [9.17, 15) is 0 Å². The quantitative estimate of drug-likeness (QED) is 0.766. The molecule has 1 aromatic rings. The summed E-state index contributed by atoms with van der Waals surface area (Å²) in [6.45, 7) is 9.73. The van der Waals surface area contributed by atoms with Crippen LogP contribution >= 0.6 is 0 Å². The van der Waals surface area contributed by atoms with Crippen LogP contribution in [0.4, 0.5) is 5.69 Å². The Morgan fingerprint density at radius 3 is 2.75 bits per heavy atom. The van der Waals surface area contributed by atoms with Crippen molar-refractivity contribution in [1.29, 1.82) is 0 Å². The maximum atomic E-state index is 9.16. The first kappa shape index (κ1) is 15.0. The van der Waals surface area contributed by atoms with Gasteiger partial charge in [-0.1, -0.05) is 24.3 Å². The van der Waals surface area contributed by atoms with Gasteiger partial charge in [0.05, 0.1) is 19.8 Å². The van der Waals surface area contributed by atoms with Crippen molar-refractivity contribution >= 4 is 5.69 Å². The Hall–Kier alpha value is -1.36. The summed E-state index contributed by atoms with van der Waals surface area (Å²) in [5, 5.41) is 9.16. The lowest BCUT2D eigenvalue weighted by atomic mass is 10.1. The number of rotatable bonds is 7. The van der Waals surface area contributed by atoms with Gasteiger partial charge in [0.25, 0.3) is 0 Å². The molecule has 1 aliphatic heterocycles. The van der Waals surface area contributed by atoms with Gasteiger partial charge in [-0.3, -0.25) is 4.90 Å². The average Bonchev–Trinajstić information content (AvgIpc) is 2.49. The molecule has 110 valence electrons. The summed E-state index contributed by atoms with van der Waals surface area (Å²) < 4.78 is 5.42. The number of hydrogen-bond donors (Lipinski definition) is 1. The van der Waals surface area contributed by atoms with Gasteiger partial charge >= 0.3 is 0 Å². The number of aliphatic hydroxyl groups excluding tert-OH is 1. The Labute approximate surface area is 121 Å². The molecule has 0 aliphatic carbocycles. The summed E-state index contributed by atoms with van der Waals surface area (Å²) in [5.41, 5.74) is 2.58. The van der Waals surface area contributed by atoms with Crippen molar-refractivity contribution in [3.05, 3.63) is 42.5 Å². The van der Waals surface area contributed by atoms with Crippen molar-refractivity contribution in [2.75, 3.05) is 50.9 Å². The molecule has 0 spiro atoms. The number of nitrogens with zero attached hydrogens (tertiary/aromatic N) is 2. The minimum atomic E-state index is 0.174. The van der Waals surface area contributed by atoms with Gasteiger partial charge in [0, 0.05) is 38.4 Å². The largest absolute Gasteiger partial charge is 0.395 e. The summed E-state index contributed by atoms with van der Waals surface area (Å²) in [7, 11) is 0. The molecule has 2 rings (SSSR count). The molecular weight excluding hydrogens is 252 g/mol. The number of anilines is 1. The van der Waals surface area contributed by atoms with E-state index in [2.05, 4.69) is 40.6 Å². The maximum Gasteiger partial charge on any atom is 0.0642 e. The number of morpholine rings is 1. The monoisotopic (exact) mass is 276 g/mol. The molecule has 1 fully saturated rings. The zero-order valence-corrected chi connectivity index (χ0v) is 12.0. The van der Waals surface area contributed by atoms with E-state index in [0.717, 1.165) is 39.4 Å². The molecule has 0 aromatic heterocycles. The van der Waals surface area contributed by atoms with Gasteiger partial charge in [0.2, 0.25) is 0 Å². The van der Waals surface area contributed by atoms with Crippen LogP contribution in [0.1, 0.15) is 5.56 Å². The summed E-state index contributed by atoms with van der Waals surface area (Å²) in [5.74, 6) is 0. The fraction of sp³-hybridized carbons (Fsp3) is 0.500. The van der Waals surface area contributed by atoms with Crippen LogP contribution < -0.4 is 4.90 Å².